The zero-order chi connectivity index (χ0) is 32.9. The van der Waals surface area contributed by atoms with Crippen LogP contribution in [0.5, 0.6) is 5.75 Å². The fraction of sp³-hybridized carbons (Fsp3) is 0.743. The maximum Gasteiger partial charge on any atom is 0.410 e. The summed E-state index contributed by atoms with van der Waals surface area (Å²) in [6.45, 7) is 14.0. The van der Waals surface area contributed by atoms with Gasteiger partial charge in [-0.1, -0.05) is 19.9 Å². The summed E-state index contributed by atoms with van der Waals surface area (Å²) in [5, 5.41) is 3.41. The molecule has 0 bridgehead atoms. The Morgan fingerprint density at radius 2 is 1.76 bits per heavy atom. The molecule has 1 aliphatic carbocycles. The standard InChI is InChI=1S/C35H55N3O7/c1-22(2)16-26(21-43-8)30-31(36-30)32(39)24-17-25(20-37(19-24)34(41)45-35(4,5)6)33(40)38(27-12-13-27)28-11-10-23(3)29(18-28)44-15-9-14-42-7/h10-11,18,22,24-27,30-31,36H,9,12-17,19-21H2,1-8H3/t24-,25+,26?,30?,31?/m0/s1. The highest BCUT2D eigenvalue weighted by Gasteiger charge is 2.51. The molecule has 0 radical (unpaired) electrons. The Morgan fingerprint density at radius 1 is 1.04 bits per heavy atom. The third-order valence-corrected chi connectivity index (χ3v) is 8.79. The van der Waals surface area contributed by atoms with Crippen LogP contribution in [-0.4, -0.2) is 93.5 Å². The zero-order valence-corrected chi connectivity index (χ0v) is 28.6. The van der Waals surface area contributed by atoms with Crippen LogP contribution in [0.4, 0.5) is 10.5 Å². The van der Waals surface area contributed by atoms with Crippen molar-refractivity contribution in [3.05, 3.63) is 23.8 Å². The number of rotatable bonds is 15. The average molecular weight is 630 g/mol. The lowest BCUT2D eigenvalue weighted by molar-refractivity contribution is -0.129. The number of carbonyl (C=O) groups excluding carboxylic acids is 3. The number of ketones is 1. The normalized spacial score (nSPS) is 23.9. The lowest BCUT2D eigenvalue weighted by atomic mass is 9.83. The molecule has 10 heteroatoms. The van der Waals surface area contributed by atoms with Crippen LogP contribution in [-0.2, 0) is 23.8 Å². The molecule has 5 atom stereocenters. The van der Waals surface area contributed by atoms with E-state index in [1.165, 1.54) is 0 Å². The number of carbonyl (C=O) groups is 3. The Labute approximate surface area is 269 Å². The largest absolute Gasteiger partial charge is 0.493 e. The number of nitrogens with zero attached hydrogens (tertiary/aromatic N) is 2. The molecule has 3 unspecified atom stereocenters. The molecule has 2 aliphatic heterocycles. The maximum atomic E-state index is 14.4. The van der Waals surface area contributed by atoms with Gasteiger partial charge in [0.1, 0.15) is 11.4 Å². The molecule has 1 N–H and O–H groups in total. The number of methoxy groups -OCH3 is 2. The molecule has 10 nitrogen and oxygen atoms in total. The number of piperidine rings is 1. The lowest BCUT2D eigenvalue weighted by Gasteiger charge is -2.39. The van der Waals surface area contributed by atoms with Gasteiger partial charge in [-0.05, 0) is 76.8 Å². The van der Waals surface area contributed by atoms with Crippen molar-refractivity contribution >= 4 is 23.5 Å². The van der Waals surface area contributed by atoms with Crippen LogP contribution in [0, 0.1) is 30.6 Å². The van der Waals surface area contributed by atoms with Crippen molar-refractivity contribution in [3.8, 4) is 5.75 Å². The summed E-state index contributed by atoms with van der Waals surface area (Å²) < 4.78 is 22.4. The number of anilines is 1. The number of benzene rings is 1. The molecule has 45 heavy (non-hydrogen) atoms. The Bertz CT molecular complexity index is 1180. The van der Waals surface area contributed by atoms with Crippen molar-refractivity contribution < 1.29 is 33.3 Å². The van der Waals surface area contributed by atoms with Crippen molar-refractivity contribution in [3.63, 3.8) is 0 Å². The number of hydrogen-bond acceptors (Lipinski definition) is 8. The number of nitrogens with one attached hydrogen (secondary N) is 1. The number of amides is 2. The first-order chi connectivity index (χ1) is 21.3. The average Bonchev–Trinajstić information content (AvgIpc) is 3.90. The number of aryl methyl sites for hydroxylation is 1. The van der Waals surface area contributed by atoms with Crippen molar-refractivity contribution in [1.82, 2.24) is 10.2 Å². The van der Waals surface area contributed by atoms with Gasteiger partial charge in [0.25, 0.3) is 0 Å². The first-order valence-corrected chi connectivity index (χ1v) is 16.6. The van der Waals surface area contributed by atoms with Gasteiger partial charge < -0.3 is 34.1 Å². The number of hydrogen-bond donors (Lipinski definition) is 1. The smallest absolute Gasteiger partial charge is 0.410 e. The van der Waals surface area contributed by atoms with E-state index in [4.69, 9.17) is 18.9 Å². The molecule has 2 saturated heterocycles. The highest BCUT2D eigenvalue weighted by molar-refractivity contribution is 5.98. The van der Waals surface area contributed by atoms with Gasteiger partial charge in [0.15, 0.2) is 5.78 Å². The van der Waals surface area contributed by atoms with E-state index in [9.17, 15) is 14.4 Å². The molecule has 2 heterocycles. The summed E-state index contributed by atoms with van der Waals surface area (Å²) in [6, 6.07) is 5.73. The van der Waals surface area contributed by atoms with E-state index >= 15 is 0 Å². The molecule has 3 fully saturated rings. The van der Waals surface area contributed by atoms with Gasteiger partial charge in [-0.2, -0.15) is 0 Å². The molecular weight excluding hydrogens is 574 g/mol. The van der Waals surface area contributed by atoms with Crippen LogP contribution < -0.4 is 15.0 Å². The van der Waals surface area contributed by atoms with E-state index in [0.717, 1.165) is 42.7 Å². The highest BCUT2D eigenvalue weighted by atomic mass is 16.6. The van der Waals surface area contributed by atoms with Gasteiger partial charge in [-0.15, -0.1) is 0 Å². The minimum atomic E-state index is -0.692. The minimum Gasteiger partial charge on any atom is -0.493 e. The molecular formula is C35H55N3O7. The molecule has 1 aromatic carbocycles. The number of Topliss-reactive ketones (excluding diaryl/α,β-unsaturated/α-hetero) is 1. The van der Waals surface area contributed by atoms with Crippen molar-refractivity contribution in [2.45, 2.75) is 97.4 Å². The Hall–Kier alpha value is -2.69. The molecule has 252 valence electrons. The van der Waals surface area contributed by atoms with E-state index in [2.05, 4.69) is 19.2 Å². The summed E-state index contributed by atoms with van der Waals surface area (Å²) in [5.74, 6) is 0.455. The van der Waals surface area contributed by atoms with Gasteiger partial charge >= 0.3 is 6.09 Å². The first kappa shape index (κ1) is 35.2. The fourth-order valence-electron chi connectivity index (χ4n) is 6.50. The van der Waals surface area contributed by atoms with Gasteiger partial charge in [-0.3, -0.25) is 9.59 Å². The third-order valence-electron chi connectivity index (χ3n) is 8.79. The molecule has 2 amide bonds. The Balaban J connectivity index is 1.55. The quantitative estimate of drug-likeness (QED) is 0.213. The molecule has 1 saturated carbocycles. The van der Waals surface area contributed by atoms with Crippen LogP contribution in [0.15, 0.2) is 18.2 Å². The van der Waals surface area contributed by atoms with Gasteiger partial charge in [0.05, 0.1) is 25.2 Å². The van der Waals surface area contributed by atoms with E-state index in [-0.39, 0.29) is 48.8 Å². The van der Waals surface area contributed by atoms with E-state index in [1.54, 1.807) is 19.1 Å². The van der Waals surface area contributed by atoms with Gasteiger partial charge in [0, 0.05) is 70.1 Å². The second-order valence-electron chi connectivity index (χ2n) is 14.5. The summed E-state index contributed by atoms with van der Waals surface area (Å²) in [7, 11) is 3.36. The maximum absolute atomic E-state index is 14.4. The van der Waals surface area contributed by atoms with Gasteiger partial charge in [0.2, 0.25) is 5.91 Å². The van der Waals surface area contributed by atoms with Crippen molar-refractivity contribution in [2.75, 3.05) is 52.0 Å². The summed E-state index contributed by atoms with van der Waals surface area (Å²) in [6.07, 6.45) is 3.46. The summed E-state index contributed by atoms with van der Waals surface area (Å²) in [4.78, 5) is 45.2. The third kappa shape index (κ3) is 9.66. The molecule has 0 spiro atoms. The second-order valence-corrected chi connectivity index (χ2v) is 14.5. The predicted molar refractivity (Wildman–Crippen MR) is 174 cm³/mol. The zero-order valence-electron chi connectivity index (χ0n) is 28.6. The second kappa shape index (κ2) is 15.3. The number of ether oxygens (including phenoxy) is 4. The van der Waals surface area contributed by atoms with E-state index in [0.29, 0.717) is 32.2 Å². The van der Waals surface area contributed by atoms with Crippen molar-refractivity contribution in [1.29, 1.82) is 0 Å². The summed E-state index contributed by atoms with van der Waals surface area (Å²) in [5.41, 5.74) is 1.09. The van der Waals surface area contributed by atoms with Crippen LogP contribution >= 0.6 is 0 Å². The van der Waals surface area contributed by atoms with Crippen LogP contribution in [0.1, 0.15) is 72.3 Å². The van der Waals surface area contributed by atoms with E-state index in [1.807, 2.05) is 50.8 Å². The predicted octanol–water partition coefficient (Wildman–Crippen LogP) is 5.00. The fourth-order valence-corrected chi connectivity index (χ4v) is 6.50. The highest BCUT2D eigenvalue weighted by Crippen LogP contribution is 2.38. The van der Waals surface area contributed by atoms with Crippen LogP contribution in [0.25, 0.3) is 0 Å². The van der Waals surface area contributed by atoms with Crippen molar-refractivity contribution in [2.24, 2.45) is 23.7 Å². The Morgan fingerprint density at radius 3 is 2.38 bits per heavy atom. The van der Waals surface area contributed by atoms with E-state index < -0.39 is 23.5 Å². The van der Waals surface area contributed by atoms with Gasteiger partial charge in [-0.25, -0.2) is 4.79 Å². The topological polar surface area (TPSA) is 117 Å². The molecule has 1 aromatic rings. The SMILES string of the molecule is COCCCOc1cc(N(C(=O)[C@@H]2C[C@H](C(=O)C3NC3C(COC)CC(C)C)CN(C(=O)OC(C)(C)C)C2)C2CC2)ccc1C. The monoisotopic (exact) mass is 629 g/mol. The van der Waals surface area contributed by atoms with Crippen LogP contribution in [0.3, 0.4) is 0 Å². The van der Waals surface area contributed by atoms with Crippen LogP contribution in [0.2, 0.25) is 0 Å². The first-order valence-electron chi connectivity index (χ1n) is 16.6. The molecule has 4 rings (SSSR count). The summed E-state index contributed by atoms with van der Waals surface area (Å²) >= 11 is 0. The lowest BCUT2D eigenvalue weighted by Crippen LogP contribution is -2.53. The number of likely N-dealkylation sites (tertiary alicyclic amines) is 1. The molecule has 3 aliphatic rings. The molecule has 0 aromatic heterocycles. The minimum absolute atomic E-state index is 0.0451. The Kier molecular flexibility index (Phi) is 11.9.